The number of halogens is 5. The van der Waals surface area contributed by atoms with Gasteiger partial charge in [0.15, 0.2) is 0 Å². The lowest BCUT2D eigenvalue weighted by Gasteiger charge is -2.27. The molecule has 0 bridgehead atoms. The summed E-state index contributed by atoms with van der Waals surface area (Å²) in [6.07, 6.45) is 0. The Labute approximate surface area is 230 Å². The van der Waals surface area contributed by atoms with E-state index in [1.165, 1.54) is 0 Å². The molecule has 35 heavy (non-hydrogen) atoms. The fourth-order valence-corrected chi connectivity index (χ4v) is 4.58. The van der Waals surface area contributed by atoms with Crippen LogP contribution in [0.1, 0.15) is 63.8 Å². The predicted molar refractivity (Wildman–Crippen MR) is 146 cm³/mol. The summed E-state index contributed by atoms with van der Waals surface area (Å²) in [5.41, 5.74) is 0.0975. The molecule has 1 N–H and O–H groups in total. The van der Waals surface area contributed by atoms with Gasteiger partial charge in [-0.05, 0) is 78.6 Å². The van der Waals surface area contributed by atoms with E-state index in [1.54, 1.807) is 45.9 Å². The third-order valence-electron chi connectivity index (χ3n) is 4.77. The van der Waals surface area contributed by atoms with E-state index in [-0.39, 0.29) is 18.4 Å². The summed E-state index contributed by atoms with van der Waals surface area (Å²) in [7, 11) is 0. The van der Waals surface area contributed by atoms with Gasteiger partial charge in [0.2, 0.25) is 0 Å². The molecule has 0 spiro atoms. The summed E-state index contributed by atoms with van der Waals surface area (Å²) in [4.78, 5) is 0. The zero-order chi connectivity index (χ0) is 27.4. The molecule has 0 unspecified atom stereocenters. The lowest BCUT2D eigenvalue weighted by atomic mass is 9.95. The van der Waals surface area contributed by atoms with Crippen LogP contribution < -0.4 is 0 Å². The highest BCUT2D eigenvalue weighted by Gasteiger charge is 2.28. The molecule has 9 heteroatoms. The molecule has 0 aromatic heterocycles. The molecular weight excluding hydrogens is 610 g/mol. The Balaban J connectivity index is 0.000000567. The lowest BCUT2D eigenvalue weighted by Crippen LogP contribution is -2.25. The Morgan fingerprint density at radius 2 is 1.26 bits per heavy atom. The van der Waals surface area contributed by atoms with Crippen molar-refractivity contribution in [2.45, 2.75) is 66.6 Å². The first-order chi connectivity index (χ1) is 16.1. The van der Waals surface area contributed by atoms with E-state index in [0.29, 0.717) is 50.5 Å². The van der Waals surface area contributed by atoms with E-state index in [9.17, 15) is 13.9 Å². The fourth-order valence-electron chi connectivity index (χ4n) is 2.85. The summed E-state index contributed by atoms with van der Waals surface area (Å²) in [5, 5.41) is 9.71. The summed E-state index contributed by atoms with van der Waals surface area (Å²) in [5.74, 6) is -0.581. The highest BCUT2D eigenvalue weighted by molar-refractivity contribution is 9.10. The Morgan fingerprint density at radius 1 is 0.829 bits per heavy atom. The Morgan fingerprint density at radius 3 is 1.60 bits per heavy atom. The van der Waals surface area contributed by atoms with Crippen molar-refractivity contribution >= 4 is 43.5 Å². The fraction of sp³-hybridized carbons (Fsp3) is 0.538. The molecule has 0 saturated heterocycles. The van der Waals surface area contributed by atoms with Crippen molar-refractivity contribution in [3.63, 3.8) is 0 Å². The summed E-state index contributed by atoms with van der Waals surface area (Å²) in [6.45, 7) is 15.4. The van der Waals surface area contributed by atoms with Crippen LogP contribution in [0.3, 0.4) is 0 Å². The van der Waals surface area contributed by atoms with Gasteiger partial charge in [0.25, 0.3) is 0 Å². The summed E-state index contributed by atoms with van der Waals surface area (Å²) in [6, 6.07) is 7.30. The Kier molecular flexibility index (Phi) is 16.0. The van der Waals surface area contributed by atoms with E-state index in [2.05, 4.69) is 36.6 Å². The first kappa shape index (κ1) is 34.4. The van der Waals surface area contributed by atoms with Crippen molar-refractivity contribution in [2.75, 3.05) is 26.1 Å². The maximum absolute atomic E-state index is 14.1. The van der Waals surface area contributed by atoms with E-state index in [4.69, 9.17) is 21.1 Å². The number of hydrogen-bond acceptors (Lipinski definition) is 4. The third kappa shape index (κ3) is 11.5. The minimum absolute atomic E-state index is 0.156. The lowest BCUT2D eigenvalue weighted by molar-refractivity contribution is -0.130. The van der Waals surface area contributed by atoms with Gasteiger partial charge < -0.3 is 19.3 Å². The third-order valence-corrected chi connectivity index (χ3v) is 6.25. The van der Waals surface area contributed by atoms with Crippen molar-refractivity contribution < 1.29 is 28.1 Å². The normalized spacial score (nSPS) is 11.4. The van der Waals surface area contributed by atoms with E-state index >= 15 is 0 Å². The van der Waals surface area contributed by atoms with Gasteiger partial charge in [-0.25, -0.2) is 8.78 Å². The molecule has 0 atom stereocenters. The highest BCUT2D eigenvalue weighted by Crippen LogP contribution is 2.35. The van der Waals surface area contributed by atoms with Gasteiger partial charge >= 0.3 is 0 Å². The summed E-state index contributed by atoms with van der Waals surface area (Å²) < 4.78 is 44.3. The number of aliphatic hydroxyl groups is 1. The molecule has 0 radical (unpaired) electrons. The molecule has 0 fully saturated rings. The maximum atomic E-state index is 14.1. The van der Waals surface area contributed by atoms with Crippen molar-refractivity contribution in [3.05, 3.63) is 67.1 Å². The van der Waals surface area contributed by atoms with Gasteiger partial charge in [-0.3, -0.25) is 0 Å². The monoisotopic (exact) mass is 644 g/mol. The average Bonchev–Trinajstić information content (AvgIpc) is 2.74. The topological polar surface area (TPSA) is 47.9 Å². The van der Waals surface area contributed by atoms with Crippen LogP contribution in [0.4, 0.5) is 8.78 Å². The Hall–Kier alpha value is -0.610. The van der Waals surface area contributed by atoms with Crippen molar-refractivity contribution in [1.82, 2.24) is 0 Å². The predicted octanol–water partition coefficient (Wildman–Crippen LogP) is 8.49. The standard InChI is InChI=1S/C13H18BrFO2.C10H12BrFO.C3H7ClO/c1-5-16-8-17-13(3,4)11-10(14)7-6-9(2)12(11)15;1-6-4-5-7(11)8(9(6)12)10(2,3)13;1-2-5-3-4/h6-7H,5,8H2,1-4H3;4-5,13H,1-3H3;2-3H2,1H3. The SMILES string of the molecule is CCOCCl.CCOCOC(C)(C)c1c(Br)ccc(C)c1F.Cc1ccc(Br)c(C(C)(C)O)c1F. The molecule has 2 aromatic rings. The van der Waals surface area contributed by atoms with Crippen LogP contribution in [0.15, 0.2) is 33.2 Å². The van der Waals surface area contributed by atoms with Crippen molar-refractivity contribution in [2.24, 2.45) is 0 Å². The summed E-state index contributed by atoms with van der Waals surface area (Å²) >= 11 is 11.7. The number of ether oxygens (including phenoxy) is 3. The molecule has 200 valence electrons. The Bertz CT molecular complexity index is 917. The van der Waals surface area contributed by atoms with Gasteiger partial charge in [-0.1, -0.05) is 55.6 Å². The molecule has 0 saturated carbocycles. The van der Waals surface area contributed by atoms with E-state index in [0.717, 1.165) is 0 Å². The van der Waals surface area contributed by atoms with E-state index in [1.807, 2.05) is 33.8 Å². The van der Waals surface area contributed by atoms with Gasteiger partial charge in [-0.15, -0.1) is 0 Å². The number of alkyl halides is 1. The van der Waals surface area contributed by atoms with Crippen LogP contribution in [-0.2, 0) is 25.4 Å². The maximum Gasteiger partial charge on any atom is 0.147 e. The molecular formula is C26H37Br2ClF2O4. The number of benzene rings is 2. The second-order valence-corrected chi connectivity index (χ2v) is 10.5. The second kappa shape index (κ2) is 16.3. The largest absolute Gasteiger partial charge is 0.386 e. The smallest absolute Gasteiger partial charge is 0.147 e. The van der Waals surface area contributed by atoms with Crippen LogP contribution in [-0.4, -0.2) is 31.2 Å². The zero-order valence-electron chi connectivity index (χ0n) is 21.7. The van der Waals surface area contributed by atoms with Gasteiger partial charge in [0.05, 0.1) is 11.2 Å². The zero-order valence-corrected chi connectivity index (χ0v) is 25.6. The second-order valence-electron chi connectivity index (χ2n) is 8.53. The van der Waals surface area contributed by atoms with Gasteiger partial charge in [-0.2, -0.15) is 0 Å². The van der Waals surface area contributed by atoms with E-state index < -0.39 is 11.2 Å². The van der Waals surface area contributed by atoms with Crippen LogP contribution in [0, 0.1) is 25.5 Å². The minimum Gasteiger partial charge on any atom is -0.386 e. The number of rotatable bonds is 8. The molecule has 0 amide bonds. The average molecular weight is 647 g/mol. The van der Waals surface area contributed by atoms with Crippen LogP contribution in [0.25, 0.3) is 0 Å². The first-order valence-corrected chi connectivity index (χ1v) is 13.3. The molecule has 0 aliphatic carbocycles. The highest BCUT2D eigenvalue weighted by atomic mass is 79.9. The number of aryl methyl sites for hydroxylation is 2. The molecule has 2 rings (SSSR count). The van der Waals surface area contributed by atoms with Gasteiger partial charge in [0, 0.05) is 33.3 Å². The minimum atomic E-state index is -1.16. The first-order valence-electron chi connectivity index (χ1n) is 11.1. The van der Waals surface area contributed by atoms with Crippen molar-refractivity contribution in [1.29, 1.82) is 0 Å². The van der Waals surface area contributed by atoms with Crippen LogP contribution in [0.2, 0.25) is 0 Å². The van der Waals surface area contributed by atoms with Gasteiger partial charge in [0.1, 0.15) is 24.5 Å². The van der Waals surface area contributed by atoms with Crippen molar-refractivity contribution in [3.8, 4) is 0 Å². The molecule has 0 aliphatic heterocycles. The quantitative estimate of drug-likeness (QED) is 0.178. The van der Waals surface area contributed by atoms with Crippen LogP contribution in [0.5, 0.6) is 0 Å². The number of hydrogen-bond donors (Lipinski definition) is 1. The molecule has 2 aromatic carbocycles. The molecule has 0 heterocycles. The van der Waals surface area contributed by atoms with Crippen LogP contribution >= 0.6 is 43.5 Å². The molecule has 0 aliphatic rings. The molecule has 4 nitrogen and oxygen atoms in total.